The standard InChI is InChI=1S/C16H23N3O5S/c1-2-8-17-16(22)18-9-3-10-19(12-11-18)25(23,24)14-6-4-13(5-7-14)15(20)21/h4-7H,2-3,8-12H2,1H3,(H,17,22)(H,20,21). The number of urea groups is 1. The second-order valence-corrected chi connectivity index (χ2v) is 7.74. The minimum absolute atomic E-state index is 0.0357. The molecule has 1 saturated heterocycles. The van der Waals surface area contributed by atoms with Gasteiger partial charge in [-0.25, -0.2) is 18.0 Å². The molecule has 0 saturated carbocycles. The first-order chi connectivity index (χ1) is 11.9. The van der Waals surface area contributed by atoms with Crippen molar-refractivity contribution in [2.45, 2.75) is 24.7 Å². The molecule has 0 atom stereocenters. The largest absolute Gasteiger partial charge is 0.478 e. The maximum Gasteiger partial charge on any atom is 0.335 e. The fourth-order valence-electron chi connectivity index (χ4n) is 2.60. The van der Waals surface area contributed by atoms with E-state index in [1.807, 2.05) is 6.92 Å². The number of amides is 2. The van der Waals surface area contributed by atoms with Crippen LogP contribution in [0.1, 0.15) is 30.1 Å². The summed E-state index contributed by atoms with van der Waals surface area (Å²) < 4.78 is 26.8. The second kappa shape index (κ2) is 8.30. The van der Waals surface area contributed by atoms with Gasteiger partial charge in [-0.3, -0.25) is 0 Å². The molecule has 2 rings (SSSR count). The maximum absolute atomic E-state index is 12.7. The number of carboxylic acid groups (broad SMARTS) is 1. The van der Waals surface area contributed by atoms with E-state index in [1.54, 1.807) is 4.90 Å². The summed E-state index contributed by atoms with van der Waals surface area (Å²) in [7, 11) is -3.71. The average molecular weight is 369 g/mol. The SMILES string of the molecule is CCCNC(=O)N1CCCN(S(=O)(=O)c2ccc(C(=O)O)cc2)CC1. The van der Waals surface area contributed by atoms with Crippen LogP contribution in [0.25, 0.3) is 0 Å². The van der Waals surface area contributed by atoms with Gasteiger partial charge in [0.1, 0.15) is 0 Å². The van der Waals surface area contributed by atoms with Crippen LogP contribution < -0.4 is 5.32 Å². The first-order valence-electron chi connectivity index (χ1n) is 8.22. The van der Waals surface area contributed by atoms with Crippen LogP contribution in [0.4, 0.5) is 4.79 Å². The van der Waals surface area contributed by atoms with Crippen molar-refractivity contribution in [3.05, 3.63) is 29.8 Å². The molecule has 0 aromatic heterocycles. The van der Waals surface area contributed by atoms with E-state index in [0.29, 0.717) is 32.6 Å². The van der Waals surface area contributed by atoms with E-state index in [-0.39, 0.29) is 23.0 Å². The summed E-state index contributed by atoms with van der Waals surface area (Å²) in [5, 5.41) is 11.7. The molecule has 0 bridgehead atoms. The molecule has 1 fully saturated rings. The Bertz CT molecular complexity index is 718. The highest BCUT2D eigenvalue weighted by atomic mass is 32.2. The molecule has 1 aliphatic rings. The summed E-state index contributed by atoms with van der Waals surface area (Å²) in [6, 6.07) is 4.98. The molecule has 2 amide bonds. The first-order valence-corrected chi connectivity index (χ1v) is 9.66. The number of hydrogen-bond acceptors (Lipinski definition) is 4. The lowest BCUT2D eigenvalue weighted by Crippen LogP contribution is -2.42. The number of rotatable bonds is 5. The van der Waals surface area contributed by atoms with Gasteiger partial charge in [0.2, 0.25) is 10.0 Å². The van der Waals surface area contributed by atoms with Gasteiger partial charge in [0.25, 0.3) is 0 Å². The molecule has 8 nitrogen and oxygen atoms in total. The molecule has 138 valence electrons. The number of nitrogens with one attached hydrogen (secondary N) is 1. The zero-order valence-corrected chi connectivity index (χ0v) is 15.0. The predicted octanol–water partition coefficient (Wildman–Crippen LogP) is 1.20. The Morgan fingerprint density at radius 2 is 1.80 bits per heavy atom. The number of hydrogen-bond donors (Lipinski definition) is 2. The fourth-order valence-corrected chi connectivity index (χ4v) is 4.07. The van der Waals surface area contributed by atoms with Crippen molar-refractivity contribution < 1.29 is 23.1 Å². The van der Waals surface area contributed by atoms with E-state index in [1.165, 1.54) is 28.6 Å². The molecule has 0 unspecified atom stereocenters. The van der Waals surface area contributed by atoms with Crippen molar-refractivity contribution in [1.29, 1.82) is 0 Å². The third kappa shape index (κ3) is 4.70. The molecule has 9 heteroatoms. The van der Waals surface area contributed by atoms with E-state index in [2.05, 4.69) is 5.32 Å². The summed E-state index contributed by atoms with van der Waals surface area (Å²) in [4.78, 5) is 24.6. The van der Waals surface area contributed by atoms with Crippen LogP contribution in [0.5, 0.6) is 0 Å². The first kappa shape index (κ1) is 19.2. The molecule has 25 heavy (non-hydrogen) atoms. The molecule has 1 aliphatic heterocycles. The number of benzene rings is 1. The van der Waals surface area contributed by atoms with Crippen molar-refractivity contribution >= 4 is 22.0 Å². The third-order valence-electron chi connectivity index (χ3n) is 4.01. The lowest BCUT2D eigenvalue weighted by molar-refractivity contribution is 0.0696. The van der Waals surface area contributed by atoms with Gasteiger partial charge in [-0.05, 0) is 37.1 Å². The van der Waals surface area contributed by atoms with Crippen LogP contribution in [0.2, 0.25) is 0 Å². The highest BCUT2D eigenvalue weighted by Crippen LogP contribution is 2.18. The monoisotopic (exact) mass is 369 g/mol. The summed E-state index contributed by atoms with van der Waals surface area (Å²) in [5.74, 6) is -1.10. The second-order valence-electron chi connectivity index (χ2n) is 5.81. The Balaban J connectivity index is 2.07. The van der Waals surface area contributed by atoms with Gasteiger partial charge in [0.15, 0.2) is 0 Å². The minimum atomic E-state index is -3.71. The van der Waals surface area contributed by atoms with E-state index in [9.17, 15) is 18.0 Å². The van der Waals surface area contributed by atoms with Crippen LogP contribution in [0.3, 0.4) is 0 Å². The van der Waals surface area contributed by atoms with Crippen LogP contribution in [-0.2, 0) is 10.0 Å². The lowest BCUT2D eigenvalue weighted by Gasteiger charge is -2.22. The Hall–Kier alpha value is -2.13. The molecular formula is C16H23N3O5S. The molecule has 1 aromatic rings. The highest BCUT2D eigenvalue weighted by Gasteiger charge is 2.28. The molecule has 2 N–H and O–H groups in total. The summed E-state index contributed by atoms with van der Waals surface area (Å²) >= 11 is 0. The zero-order chi connectivity index (χ0) is 18.4. The Morgan fingerprint density at radius 3 is 2.40 bits per heavy atom. The molecule has 0 aliphatic carbocycles. The van der Waals surface area contributed by atoms with E-state index < -0.39 is 16.0 Å². The normalized spacial score (nSPS) is 16.3. The van der Waals surface area contributed by atoms with Crippen molar-refractivity contribution in [2.75, 3.05) is 32.7 Å². The topological polar surface area (TPSA) is 107 Å². The van der Waals surface area contributed by atoms with Crippen molar-refractivity contribution in [1.82, 2.24) is 14.5 Å². The third-order valence-corrected chi connectivity index (χ3v) is 5.92. The average Bonchev–Trinajstić information content (AvgIpc) is 2.86. The molecule has 0 spiro atoms. The number of carbonyl (C=O) groups excluding carboxylic acids is 1. The van der Waals surface area contributed by atoms with E-state index in [4.69, 9.17) is 5.11 Å². The Kier molecular flexibility index (Phi) is 6.38. The maximum atomic E-state index is 12.7. The van der Waals surface area contributed by atoms with Crippen LogP contribution >= 0.6 is 0 Å². The highest BCUT2D eigenvalue weighted by molar-refractivity contribution is 7.89. The number of carboxylic acids is 1. The van der Waals surface area contributed by atoms with Crippen molar-refractivity contribution in [3.8, 4) is 0 Å². The quantitative estimate of drug-likeness (QED) is 0.811. The number of sulfonamides is 1. The van der Waals surface area contributed by atoms with Crippen molar-refractivity contribution in [2.24, 2.45) is 0 Å². The summed E-state index contributed by atoms with van der Waals surface area (Å²) in [6.07, 6.45) is 1.39. The van der Waals surface area contributed by atoms with Crippen LogP contribution in [0, 0.1) is 0 Å². The van der Waals surface area contributed by atoms with Gasteiger partial charge in [-0.2, -0.15) is 4.31 Å². The van der Waals surface area contributed by atoms with Gasteiger partial charge < -0.3 is 15.3 Å². The lowest BCUT2D eigenvalue weighted by atomic mass is 10.2. The van der Waals surface area contributed by atoms with Gasteiger partial charge in [0, 0.05) is 32.7 Å². The Labute approximate surface area is 147 Å². The van der Waals surface area contributed by atoms with Gasteiger partial charge in [-0.1, -0.05) is 6.92 Å². The predicted molar refractivity (Wildman–Crippen MR) is 92.0 cm³/mol. The Morgan fingerprint density at radius 1 is 1.12 bits per heavy atom. The van der Waals surface area contributed by atoms with Crippen molar-refractivity contribution in [3.63, 3.8) is 0 Å². The molecular weight excluding hydrogens is 346 g/mol. The van der Waals surface area contributed by atoms with Gasteiger partial charge >= 0.3 is 12.0 Å². The number of carbonyl (C=O) groups is 2. The smallest absolute Gasteiger partial charge is 0.335 e. The van der Waals surface area contributed by atoms with Crippen LogP contribution in [-0.4, -0.2) is 67.5 Å². The zero-order valence-electron chi connectivity index (χ0n) is 14.1. The summed E-state index contributed by atoms with van der Waals surface area (Å²) in [6.45, 7) is 3.91. The van der Waals surface area contributed by atoms with E-state index in [0.717, 1.165) is 6.42 Å². The molecule has 1 aromatic carbocycles. The number of nitrogens with zero attached hydrogens (tertiary/aromatic N) is 2. The molecule has 0 radical (unpaired) electrons. The minimum Gasteiger partial charge on any atom is -0.478 e. The van der Waals surface area contributed by atoms with E-state index >= 15 is 0 Å². The van der Waals surface area contributed by atoms with Gasteiger partial charge in [-0.15, -0.1) is 0 Å². The fraction of sp³-hybridized carbons (Fsp3) is 0.500. The van der Waals surface area contributed by atoms with Gasteiger partial charge in [0.05, 0.1) is 10.5 Å². The molecule has 1 heterocycles. The summed E-state index contributed by atoms with van der Waals surface area (Å²) in [5.41, 5.74) is 0.0357. The number of aromatic carboxylic acids is 1. The van der Waals surface area contributed by atoms with Crippen LogP contribution in [0.15, 0.2) is 29.2 Å².